The summed E-state index contributed by atoms with van der Waals surface area (Å²) in [7, 11) is 0. The van der Waals surface area contributed by atoms with Crippen LogP contribution in [0.1, 0.15) is 46.0 Å². The maximum Gasteiger partial charge on any atom is -0.0406 e. The van der Waals surface area contributed by atoms with Crippen molar-refractivity contribution in [3.63, 3.8) is 0 Å². The topological polar surface area (TPSA) is 0 Å². The van der Waals surface area contributed by atoms with E-state index in [4.69, 9.17) is 0 Å². The molecule has 0 saturated heterocycles. The van der Waals surface area contributed by atoms with Crippen LogP contribution in [-0.4, -0.2) is 0 Å². The Balaban J connectivity index is 0.000000480. The van der Waals surface area contributed by atoms with Crippen molar-refractivity contribution < 1.29 is 0 Å². The maximum absolute atomic E-state index is 1.60. The average molecular weight is 152 g/mol. The Morgan fingerprint density at radius 1 is 0.455 bits per heavy atom. The molecule has 0 aromatic rings. The van der Waals surface area contributed by atoms with Crippen molar-refractivity contribution >= 4 is 0 Å². The molecule has 4 fully saturated rings. The van der Waals surface area contributed by atoms with E-state index in [0.717, 1.165) is 0 Å². The summed E-state index contributed by atoms with van der Waals surface area (Å²) in [6.45, 7) is 0. The molecule has 0 atom stereocenters. The normalized spacial score (nSPS) is 52.4. The maximum atomic E-state index is 1.60. The van der Waals surface area contributed by atoms with E-state index in [2.05, 4.69) is 0 Å². The summed E-state index contributed by atoms with van der Waals surface area (Å²) in [4.78, 5) is 0. The molecule has 0 amide bonds. The summed E-state index contributed by atoms with van der Waals surface area (Å²) >= 11 is 0. The van der Waals surface area contributed by atoms with E-state index in [-0.39, 0.29) is 7.43 Å². The first-order valence-corrected chi connectivity index (χ1v) is 4.90. The molecule has 0 radical (unpaired) electrons. The molecule has 4 aliphatic carbocycles. The van der Waals surface area contributed by atoms with Crippen molar-refractivity contribution in [3.8, 4) is 0 Å². The van der Waals surface area contributed by atoms with Gasteiger partial charge in [0.25, 0.3) is 0 Å². The first kappa shape index (κ1) is 7.64. The third kappa shape index (κ3) is 1.11. The third-order valence-corrected chi connectivity index (χ3v) is 4.00. The van der Waals surface area contributed by atoms with Crippen molar-refractivity contribution in [3.05, 3.63) is 0 Å². The molecule has 4 rings (SSSR count). The molecule has 0 aliphatic heterocycles. The summed E-state index contributed by atoms with van der Waals surface area (Å²) in [5.74, 6) is 4.71. The van der Waals surface area contributed by atoms with E-state index in [1.807, 2.05) is 0 Å². The van der Waals surface area contributed by atoms with Crippen LogP contribution in [0.5, 0.6) is 0 Å². The van der Waals surface area contributed by atoms with E-state index in [1.165, 1.54) is 23.7 Å². The van der Waals surface area contributed by atoms with Gasteiger partial charge in [0.05, 0.1) is 0 Å². The first-order valence-electron chi connectivity index (χ1n) is 4.90. The summed E-state index contributed by atoms with van der Waals surface area (Å²) in [5.41, 5.74) is 0. The highest BCUT2D eigenvalue weighted by molar-refractivity contribution is 4.92. The molecule has 4 saturated carbocycles. The lowest BCUT2D eigenvalue weighted by atomic mass is 9.56. The summed E-state index contributed by atoms with van der Waals surface area (Å²) < 4.78 is 0. The lowest BCUT2D eigenvalue weighted by molar-refractivity contribution is 0.0198. The molecule has 4 aliphatic rings. The fraction of sp³-hybridized carbons (Fsp3) is 1.00. The highest BCUT2D eigenvalue weighted by Gasteiger charge is 2.41. The Labute approximate surface area is 70.4 Å². The van der Waals surface area contributed by atoms with Crippen LogP contribution in [0.2, 0.25) is 0 Å². The molecule has 11 heavy (non-hydrogen) atoms. The van der Waals surface area contributed by atoms with Gasteiger partial charge in [-0.1, -0.05) is 7.43 Å². The van der Waals surface area contributed by atoms with Gasteiger partial charge < -0.3 is 0 Å². The minimum Gasteiger partial charge on any atom is -0.0776 e. The van der Waals surface area contributed by atoms with Crippen LogP contribution in [0.15, 0.2) is 0 Å². The molecule has 4 bridgehead atoms. The summed E-state index contributed by atoms with van der Waals surface area (Å²) in [5, 5.41) is 0. The Kier molecular flexibility index (Phi) is 1.74. The van der Waals surface area contributed by atoms with Crippen LogP contribution in [0.25, 0.3) is 0 Å². The molecule has 0 aromatic carbocycles. The first-order chi connectivity index (χ1) is 4.90. The van der Waals surface area contributed by atoms with Gasteiger partial charge in [-0.05, 0) is 62.2 Å². The summed E-state index contributed by atoms with van der Waals surface area (Å²) in [6, 6.07) is 0. The van der Waals surface area contributed by atoms with Gasteiger partial charge in [0.15, 0.2) is 0 Å². The molecule has 0 heterocycles. The monoisotopic (exact) mass is 152 g/mol. The van der Waals surface area contributed by atoms with Gasteiger partial charge in [0.1, 0.15) is 0 Å². The van der Waals surface area contributed by atoms with Crippen LogP contribution < -0.4 is 0 Å². The fourth-order valence-electron chi connectivity index (χ4n) is 3.98. The van der Waals surface area contributed by atoms with Gasteiger partial charge in [-0.15, -0.1) is 0 Å². The van der Waals surface area contributed by atoms with Gasteiger partial charge in [0, 0.05) is 0 Å². The lowest BCUT2D eigenvalue weighted by Gasteiger charge is -2.49. The van der Waals surface area contributed by atoms with E-state index in [0.29, 0.717) is 0 Å². The number of rotatable bonds is 0. The lowest BCUT2D eigenvalue weighted by Crippen LogP contribution is -2.38. The highest BCUT2D eigenvalue weighted by Crippen LogP contribution is 2.53. The second-order valence-corrected chi connectivity index (χ2v) is 4.88. The predicted octanol–water partition coefficient (Wildman–Crippen LogP) is 3.47. The number of hydrogen-bond acceptors (Lipinski definition) is 0. The second kappa shape index (κ2) is 2.50. The predicted molar refractivity (Wildman–Crippen MR) is 48.4 cm³/mol. The summed E-state index contributed by atoms with van der Waals surface area (Å²) in [6.07, 6.45) is 9.62. The van der Waals surface area contributed by atoms with Crippen molar-refractivity contribution in [2.75, 3.05) is 0 Å². The van der Waals surface area contributed by atoms with Gasteiger partial charge >= 0.3 is 0 Å². The van der Waals surface area contributed by atoms with Crippen molar-refractivity contribution in [1.29, 1.82) is 0 Å². The van der Waals surface area contributed by atoms with Crippen LogP contribution in [0.3, 0.4) is 0 Å². The molecule has 0 unspecified atom stereocenters. The van der Waals surface area contributed by atoms with Gasteiger partial charge in [-0.25, -0.2) is 0 Å². The Morgan fingerprint density at radius 3 is 0.818 bits per heavy atom. The zero-order valence-electron chi connectivity index (χ0n) is 6.55. The van der Waals surface area contributed by atoms with Crippen LogP contribution >= 0.6 is 0 Å². The average Bonchev–Trinajstić information content (AvgIpc) is 1.82. The molecular formula is C11H20. The van der Waals surface area contributed by atoms with Gasteiger partial charge in [0.2, 0.25) is 0 Å². The molecular weight excluding hydrogens is 132 g/mol. The largest absolute Gasteiger partial charge is 0.0776 e. The Hall–Kier alpha value is 0. The van der Waals surface area contributed by atoms with E-state index in [9.17, 15) is 0 Å². The minimum absolute atomic E-state index is 0. The van der Waals surface area contributed by atoms with E-state index >= 15 is 0 Å². The van der Waals surface area contributed by atoms with Crippen LogP contribution in [0.4, 0.5) is 0 Å². The van der Waals surface area contributed by atoms with E-state index in [1.54, 1.807) is 38.5 Å². The SMILES string of the molecule is C.C1C2CC3CC1CC(C2)C3. The zero-order valence-corrected chi connectivity index (χ0v) is 6.55. The van der Waals surface area contributed by atoms with Gasteiger partial charge in [-0.3, -0.25) is 0 Å². The minimum atomic E-state index is 0. The fourth-order valence-corrected chi connectivity index (χ4v) is 3.98. The Morgan fingerprint density at radius 2 is 0.636 bits per heavy atom. The quantitative estimate of drug-likeness (QED) is 0.498. The zero-order chi connectivity index (χ0) is 6.55. The molecule has 0 spiro atoms. The second-order valence-electron chi connectivity index (χ2n) is 4.88. The molecule has 64 valence electrons. The molecule has 0 aromatic heterocycles. The standard InChI is InChI=1S/C10H16.CH4/c1-7-2-9-4-8(1)5-10(3-7)6-9;/h7-10H,1-6H2;1H4. The van der Waals surface area contributed by atoms with E-state index < -0.39 is 0 Å². The highest BCUT2D eigenvalue weighted by atomic mass is 14.5. The van der Waals surface area contributed by atoms with Crippen molar-refractivity contribution in [2.45, 2.75) is 46.0 Å². The van der Waals surface area contributed by atoms with Gasteiger partial charge in [-0.2, -0.15) is 0 Å². The number of hydrogen-bond donors (Lipinski definition) is 0. The third-order valence-electron chi connectivity index (χ3n) is 4.00. The Bertz CT molecular complexity index is 91.6. The van der Waals surface area contributed by atoms with Crippen LogP contribution in [-0.2, 0) is 0 Å². The van der Waals surface area contributed by atoms with Crippen molar-refractivity contribution in [1.82, 2.24) is 0 Å². The molecule has 0 N–H and O–H groups in total. The molecule has 0 heteroatoms. The van der Waals surface area contributed by atoms with Crippen molar-refractivity contribution in [2.24, 2.45) is 23.7 Å². The smallest absolute Gasteiger partial charge is 0.0406 e. The molecule has 0 nitrogen and oxygen atoms in total. The van der Waals surface area contributed by atoms with Crippen LogP contribution in [0, 0.1) is 23.7 Å².